The molecule has 0 radical (unpaired) electrons. The molecule has 1 aromatic heterocycles. The number of halogens is 3. The van der Waals surface area contributed by atoms with E-state index in [9.17, 15) is 13.2 Å². The van der Waals surface area contributed by atoms with Crippen LogP contribution in [0.25, 0.3) is 11.1 Å². The molecule has 0 saturated carbocycles. The third-order valence-electron chi connectivity index (χ3n) is 4.54. The second kappa shape index (κ2) is 7.14. The molecule has 0 aliphatic carbocycles. The first-order chi connectivity index (χ1) is 12.2. The molecule has 2 aliphatic rings. The van der Waals surface area contributed by atoms with Gasteiger partial charge in [0.25, 0.3) is 0 Å². The number of oxazole rings is 1. The second-order valence-corrected chi connectivity index (χ2v) is 6.55. The number of fused-ring (bicyclic) bond motifs is 3. The molecule has 3 atom stereocenters. The highest BCUT2D eigenvalue weighted by Gasteiger charge is 2.38. The molecule has 2 N–H and O–H groups in total. The molecular formula is C17H19F3N2O4. The molecule has 26 heavy (non-hydrogen) atoms. The van der Waals surface area contributed by atoms with Crippen molar-refractivity contribution in [2.24, 2.45) is 0 Å². The van der Waals surface area contributed by atoms with Crippen LogP contribution in [-0.4, -0.2) is 40.4 Å². The van der Waals surface area contributed by atoms with Gasteiger partial charge in [-0.2, -0.15) is 18.2 Å². The Morgan fingerprint density at radius 2 is 1.92 bits per heavy atom. The average molecular weight is 372 g/mol. The van der Waals surface area contributed by atoms with Gasteiger partial charge in [-0.25, -0.2) is 4.79 Å². The van der Waals surface area contributed by atoms with Gasteiger partial charge in [-0.15, -0.1) is 0 Å². The van der Waals surface area contributed by atoms with E-state index in [1.165, 1.54) is 12.8 Å². The zero-order valence-electron chi connectivity index (χ0n) is 14.0. The summed E-state index contributed by atoms with van der Waals surface area (Å²) in [6.45, 7) is 2.04. The fraction of sp³-hybridized carbons (Fsp3) is 0.529. The fourth-order valence-corrected chi connectivity index (χ4v) is 3.36. The van der Waals surface area contributed by atoms with Crippen molar-refractivity contribution < 1.29 is 32.2 Å². The zero-order valence-corrected chi connectivity index (χ0v) is 14.0. The highest BCUT2D eigenvalue weighted by atomic mass is 19.4. The Morgan fingerprint density at radius 1 is 1.31 bits per heavy atom. The molecule has 2 saturated heterocycles. The van der Waals surface area contributed by atoms with Crippen molar-refractivity contribution in [1.82, 2.24) is 10.3 Å². The molecule has 0 unspecified atom stereocenters. The lowest BCUT2D eigenvalue weighted by atomic mass is 10.0. The van der Waals surface area contributed by atoms with Crippen LogP contribution < -0.4 is 10.1 Å². The molecule has 2 fully saturated rings. The van der Waals surface area contributed by atoms with Crippen molar-refractivity contribution in [3.63, 3.8) is 0 Å². The van der Waals surface area contributed by atoms with Gasteiger partial charge in [-0.3, -0.25) is 0 Å². The Labute approximate surface area is 147 Å². The molecule has 6 nitrogen and oxygen atoms in total. The van der Waals surface area contributed by atoms with Gasteiger partial charge in [0.15, 0.2) is 5.58 Å². The predicted octanol–water partition coefficient (Wildman–Crippen LogP) is 3.43. The number of aryl methyl sites for hydroxylation is 1. The lowest BCUT2D eigenvalue weighted by molar-refractivity contribution is -0.192. The average Bonchev–Trinajstić information content (AvgIpc) is 3.11. The van der Waals surface area contributed by atoms with Crippen LogP contribution in [0.2, 0.25) is 0 Å². The van der Waals surface area contributed by atoms with Gasteiger partial charge >= 0.3 is 18.2 Å². The van der Waals surface area contributed by atoms with Gasteiger partial charge in [-0.1, -0.05) is 12.1 Å². The lowest BCUT2D eigenvalue weighted by Crippen LogP contribution is -2.42. The van der Waals surface area contributed by atoms with Gasteiger partial charge in [0, 0.05) is 12.1 Å². The number of hydrogen-bond donors (Lipinski definition) is 2. The van der Waals surface area contributed by atoms with E-state index in [1.54, 1.807) is 0 Å². The van der Waals surface area contributed by atoms with Gasteiger partial charge in [0.1, 0.15) is 11.6 Å². The summed E-state index contributed by atoms with van der Waals surface area (Å²) in [6.07, 6.45) is 0.263. The number of nitrogens with zero attached hydrogens (tertiary/aromatic N) is 1. The number of benzene rings is 1. The molecular weight excluding hydrogens is 353 g/mol. The number of rotatable bonds is 2. The summed E-state index contributed by atoms with van der Waals surface area (Å²) in [5.41, 5.74) is 2.85. The maximum atomic E-state index is 10.6. The SMILES string of the molecule is Cc1cccc2oc(O[C@@H]3C[C@H]4CC[C@@H](C3)N4)nc12.O=C(O)C(F)(F)F. The van der Waals surface area contributed by atoms with Crippen molar-refractivity contribution in [2.75, 3.05) is 0 Å². The normalized spacial score (nSPS) is 24.8. The Balaban J connectivity index is 0.000000242. The van der Waals surface area contributed by atoms with E-state index in [2.05, 4.69) is 10.3 Å². The minimum Gasteiger partial charge on any atom is -0.475 e. The summed E-state index contributed by atoms with van der Waals surface area (Å²) < 4.78 is 43.4. The molecule has 3 heterocycles. The number of aromatic nitrogens is 1. The Morgan fingerprint density at radius 3 is 2.46 bits per heavy atom. The quantitative estimate of drug-likeness (QED) is 0.840. The number of carboxylic acid groups (broad SMARTS) is 1. The van der Waals surface area contributed by atoms with Crippen LogP contribution >= 0.6 is 0 Å². The van der Waals surface area contributed by atoms with Crippen LogP contribution in [0, 0.1) is 6.92 Å². The first kappa shape index (κ1) is 18.5. The molecule has 2 aromatic rings. The summed E-state index contributed by atoms with van der Waals surface area (Å²) in [6, 6.07) is 7.20. The van der Waals surface area contributed by atoms with Crippen molar-refractivity contribution in [2.45, 2.75) is 57.0 Å². The van der Waals surface area contributed by atoms with Crippen LogP contribution in [0.1, 0.15) is 31.2 Å². The summed E-state index contributed by atoms with van der Waals surface area (Å²) >= 11 is 0. The number of piperidine rings is 1. The standard InChI is InChI=1S/C15H18N2O2.C2HF3O2/c1-9-3-2-4-13-14(9)17-15(19-13)18-12-7-10-5-6-11(8-12)16-10;3-2(4,5)1(6)7/h2-4,10-12,16H,5-8H2,1H3;(H,6,7)/t10-,11+,12-;. The Kier molecular flexibility index (Phi) is 5.08. The number of para-hydroxylation sites is 1. The third-order valence-corrected chi connectivity index (χ3v) is 4.54. The van der Waals surface area contributed by atoms with E-state index in [4.69, 9.17) is 19.1 Å². The van der Waals surface area contributed by atoms with Crippen LogP contribution in [0.3, 0.4) is 0 Å². The maximum Gasteiger partial charge on any atom is 0.490 e. The zero-order chi connectivity index (χ0) is 18.9. The molecule has 2 bridgehead atoms. The van der Waals surface area contributed by atoms with Gasteiger partial charge < -0.3 is 19.6 Å². The fourth-order valence-electron chi connectivity index (χ4n) is 3.36. The predicted molar refractivity (Wildman–Crippen MR) is 86.0 cm³/mol. The van der Waals surface area contributed by atoms with E-state index in [1.807, 2.05) is 25.1 Å². The van der Waals surface area contributed by atoms with Crippen LogP contribution in [-0.2, 0) is 4.79 Å². The maximum absolute atomic E-state index is 10.6. The number of carbonyl (C=O) groups is 1. The monoisotopic (exact) mass is 372 g/mol. The lowest BCUT2D eigenvalue weighted by Gasteiger charge is -2.28. The first-order valence-corrected chi connectivity index (χ1v) is 8.31. The van der Waals surface area contributed by atoms with Crippen molar-refractivity contribution in [3.05, 3.63) is 23.8 Å². The van der Waals surface area contributed by atoms with Crippen LogP contribution in [0.15, 0.2) is 22.6 Å². The molecule has 0 spiro atoms. The summed E-state index contributed by atoms with van der Waals surface area (Å²) in [5.74, 6) is -2.76. The van der Waals surface area contributed by atoms with Gasteiger partial charge in [0.05, 0.1) is 0 Å². The molecule has 4 rings (SSSR count). The van der Waals surface area contributed by atoms with Crippen molar-refractivity contribution >= 4 is 17.1 Å². The first-order valence-electron chi connectivity index (χ1n) is 8.31. The van der Waals surface area contributed by atoms with E-state index >= 15 is 0 Å². The number of ether oxygens (including phenoxy) is 1. The van der Waals surface area contributed by atoms with Crippen molar-refractivity contribution in [3.8, 4) is 6.08 Å². The number of hydrogen-bond acceptors (Lipinski definition) is 5. The third kappa shape index (κ3) is 4.27. The smallest absolute Gasteiger partial charge is 0.475 e. The van der Waals surface area contributed by atoms with E-state index in [0.29, 0.717) is 18.2 Å². The van der Waals surface area contributed by atoms with E-state index in [0.717, 1.165) is 29.5 Å². The molecule has 2 aliphatic heterocycles. The van der Waals surface area contributed by atoms with Crippen LogP contribution in [0.4, 0.5) is 13.2 Å². The number of carboxylic acids is 1. The Hall–Kier alpha value is -2.29. The summed E-state index contributed by atoms with van der Waals surface area (Å²) in [7, 11) is 0. The Bertz CT molecular complexity index is 778. The second-order valence-electron chi connectivity index (χ2n) is 6.55. The molecule has 0 amide bonds. The minimum absolute atomic E-state index is 0.243. The van der Waals surface area contributed by atoms with Crippen molar-refractivity contribution in [1.29, 1.82) is 0 Å². The number of alkyl halides is 3. The summed E-state index contributed by atoms with van der Waals surface area (Å²) in [5, 5.41) is 10.7. The summed E-state index contributed by atoms with van der Waals surface area (Å²) in [4.78, 5) is 13.4. The molecule has 9 heteroatoms. The van der Waals surface area contributed by atoms with E-state index < -0.39 is 12.1 Å². The highest BCUT2D eigenvalue weighted by molar-refractivity contribution is 5.76. The minimum atomic E-state index is -5.08. The van der Waals surface area contributed by atoms with Crippen LogP contribution in [0.5, 0.6) is 6.08 Å². The van der Waals surface area contributed by atoms with Gasteiger partial charge in [0.2, 0.25) is 0 Å². The topological polar surface area (TPSA) is 84.6 Å². The number of aliphatic carboxylic acids is 1. The molecule has 1 aromatic carbocycles. The largest absolute Gasteiger partial charge is 0.490 e. The molecule has 142 valence electrons. The van der Waals surface area contributed by atoms with Gasteiger partial charge in [-0.05, 0) is 44.2 Å². The van der Waals surface area contributed by atoms with E-state index in [-0.39, 0.29) is 6.10 Å². The highest BCUT2D eigenvalue weighted by Crippen LogP contribution is 2.31. The number of nitrogens with one attached hydrogen (secondary N) is 1.